The molecule has 0 radical (unpaired) electrons. The highest BCUT2D eigenvalue weighted by Crippen LogP contribution is 2.29. The van der Waals surface area contributed by atoms with Crippen molar-refractivity contribution < 1.29 is 33.1 Å². The third kappa shape index (κ3) is 3.69. The lowest BCUT2D eigenvalue weighted by molar-refractivity contribution is -0.385. The van der Waals surface area contributed by atoms with Gasteiger partial charge in [0.05, 0.1) is 16.9 Å². The van der Waals surface area contributed by atoms with E-state index in [-0.39, 0.29) is 6.29 Å². The number of aliphatic carboxylic acids is 1. The minimum absolute atomic E-state index is 0.0712. The maximum absolute atomic E-state index is 12.0. The molecule has 0 aliphatic rings. The summed E-state index contributed by atoms with van der Waals surface area (Å²) in [6, 6.07) is 1.55. The molecule has 0 unspecified atom stereocenters. The Balaban J connectivity index is 3.39. The maximum atomic E-state index is 12.0. The molecule has 1 rings (SSSR count). The monoisotopic (exact) mass is 275 g/mol. The number of nitro groups is 1. The Hall–Kier alpha value is -2.58. The van der Waals surface area contributed by atoms with Gasteiger partial charge in [-0.15, -0.1) is 0 Å². The fourth-order valence-electron chi connectivity index (χ4n) is 1.47. The van der Waals surface area contributed by atoms with Gasteiger partial charge in [-0.1, -0.05) is 0 Å². The molecular weight excluding hydrogens is 268 g/mol. The second kappa shape index (κ2) is 5.85. The first-order valence-electron chi connectivity index (χ1n) is 4.78. The van der Waals surface area contributed by atoms with Crippen LogP contribution in [0, 0.1) is 10.1 Å². The van der Waals surface area contributed by atoms with Crippen LogP contribution in [-0.2, 0) is 11.2 Å². The Bertz CT molecular complexity index is 531. The molecule has 0 saturated heterocycles. The first-order valence-corrected chi connectivity index (χ1v) is 4.78. The number of aldehydes is 1. The lowest BCUT2D eigenvalue weighted by atomic mass is 10.0. The molecule has 102 valence electrons. The molecule has 0 aromatic heterocycles. The Morgan fingerprint density at radius 1 is 1.53 bits per heavy atom. The van der Waals surface area contributed by atoms with Gasteiger partial charge in [0.2, 0.25) is 0 Å². The Labute approximate surface area is 104 Å². The number of alkyl halides is 2. The van der Waals surface area contributed by atoms with Crippen LogP contribution in [0.15, 0.2) is 12.1 Å². The number of hydrogen-bond acceptors (Lipinski definition) is 5. The van der Waals surface area contributed by atoms with Gasteiger partial charge in [0, 0.05) is 5.56 Å². The van der Waals surface area contributed by atoms with Crippen molar-refractivity contribution in [1.82, 2.24) is 0 Å². The summed E-state index contributed by atoms with van der Waals surface area (Å²) in [4.78, 5) is 31.1. The number of carboxylic acids is 1. The summed E-state index contributed by atoms with van der Waals surface area (Å²) < 4.78 is 28.1. The van der Waals surface area contributed by atoms with E-state index in [9.17, 15) is 28.5 Å². The Morgan fingerprint density at radius 2 is 2.16 bits per heavy atom. The van der Waals surface area contributed by atoms with E-state index in [1.54, 1.807) is 0 Å². The molecule has 0 saturated carbocycles. The number of nitrogens with zero attached hydrogens (tertiary/aromatic N) is 1. The number of halogens is 2. The summed E-state index contributed by atoms with van der Waals surface area (Å²) in [6.45, 7) is -3.20. The number of hydrogen-bond donors (Lipinski definition) is 1. The molecule has 1 N–H and O–H groups in total. The highest BCUT2D eigenvalue weighted by Gasteiger charge is 2.23. The summed E-state index contributed by atoms with van der Waals surface area (Å²) in [5.41, 5.74) is -1.66. The summed E-state index contributed by atoms with van der Waals surface area (Å²) in [6.07, 6.45) is -0.723. The van der Waals surface area contributed by atoms with Crippen molar-refractivity contribution in [2.24, 2.45) is 0 Å². The van der Waals surface area contributed by atoms with Crippen molar-refractivity contribution >= 4 is 17.9 Å². The minimum atomic E-state index is -3.20. The molecule has 9 heteroatoms. The van der Waals surface area contributed by atoms with Crippen molar-refractivity contribution in [1.29, 1.82) is 0 Å². The van der Waals surface area contributed by atoms with Crippen molar-refractivity contribution in [3.63, 3.8) is 0 Å². The third-order valence-electron chi connectivity index (χ3n) is 2.07. The average molecular weight is 275 g/mol. The molecular formula is C10H7F2NO6. The fourth-order valence-corrected chi connectivity index (χ4v) is 1.47. The van der Waals surface area contributed by atoms with Gasteiger partial charge in [0.1, 0.15) is 5.75 Å². The molecule has 0 heterocycles. The van der Waals surface area contributed by atoms with Gasteiger partial charge in [-0.05, 0) is 12.1 Å². The first kappa shape index (κ1) is 14.5. The standard InChI is InChI=1S/C10H7F2NO6/c11-10(12)19-7-1-5(3-8(15)16)9(13(17)18)6(2-7)4-14/h1-2,4,10H,3H2,(H,15,16). The largest absolute Gasteiger partial charge is 0.481 e. The topological polar surface area (TPSA) is 107 Å². The summed E-state index contributed by atoms with van der Waals surface area (Å²) in [7, 11) is 0. The van der Waals surface area contributed by atoms with Gasteiger partial charge in [-0.2, -0.15) is 8.78 Å². The number of benzene rings is 1. The molecule has 19 heavy (non-hydrogen) atoms. The van der Waals surface area contributed by atoms with Crippen LogP contribution in [0.25, 0.3) is 0 Å². The number of nitro benzene ring substituents is 1. The van der Waals surface area contributed by atoms with Gasteiger partial charge in [-0.25, -0.2) is 0 Å². The SMILES string of the molecule is O=Cc1cc(OC(F)F)cc(CC(=O)O)c1[N+](=O)[O-]. The molecule has 0 amide bonds. The third-order valence-corrected chi connectivity index (χ3v) is 2.07. The Kier molecular flexibility index (Phi) is 4.46. The van der Waals surface area contributed by atoms with Crippen LogP contribution in [-0.4, -0.2) is 28.9 Å². The predicted molar refractivity (Wildman–Crippen MR) is 56.5 cm³/mol. The smallest absolute Gasteiger partial charge is 0.387 e. The molecule has 1 aromatic rings. The van der Waals surface area contributed by atoms with Crippen molar-refractivity contribution in [2.75, 3.05) is 0 Å². The van der Waals surface area contributed by atoms with E-state index in [2.05, 4.69) is 4.74 Å². The van der Waals surface area contributed by atoms with Crippen molar-refractivity contribution in [3.8, 4) is 5.75 Å². The van der Waals surface area contributed by atoms with E-state index in [0.717, 1.165) is 12.1 Å². The zero-order valence-electron chi connectivity index (χ0n) is 9.21. The number of carbonyl (C=O) groups is 2. The average Bonchev–Trinajstić information content (AvgIpc) is 2.25. The van der Waals surface area contributed by atoms with Crippen LogP contribution >= 0.6 is 0 Å². The van der Waals surface area contributed by atoms with E-state index in [1.807, 2.05) is 0 Å². The van der Waals surface area contributed by atoms with Crippen LogP contribution in [0.5, 0.6) is 5.75 Å². The minimum Gasteiger partial charge on any atom is -0.481 e. The zero-order chi connectivity index (χ0) is 14.6. The normalized spacial score (nSPS) is 10.3. The van der Waals surface area contributed by atoms with Crippen LogP contribution in [0.1, 0.15) is 15.9 Å². The van der Waals surface area contributed by atoms with Crippen LogP contribution in [0.4, 0.5) is 14.5 Å². The number of carbonyl (C=O) groups excluding carboxylic acids is 1. The van der Waals surface area contributed by atoms with Gasteiger partial charge < -0.3 is 9.84 Å². The fraction of sp³-hybridized carbons (Fsp3) is 0.200. The number of carboxylic acid groups (broad SMARTS) is 1. The molecule has 0 aliphatic heterocycles. The van der Waals surface area contributed by atoms with Crippen LogP contribution in [0.3, 0.4) is 0 Å². The molecule has 0 atom stereocenters. The van der Waals surface area contributed by atoms with Gasteiger partial charge in [-0.3, -0.25) is 19.7 Å². The highest BCUT2D eigenvalue weighted by molar-refractivity contribution is 5.85. The van der Waals surface area contributed by atoms with E-state index in [1.165, 1.54) is 0 Å². The van der Waals surface area contributed by atoms with E-state index in [4.69, 9.17) is 5.11 Å². The van der Waals surface area contributed by atoms with E-state index < -0.39 is 46.5 Å². The lowest BCUT2D eigenvalue weighted by Crippen LogP contribution is -2.08. The van der Waals surface area contributed by atoms with Gasteiger partial charge >= 0.3 is 12.6 Å². The number of rotatable bonds is 6. The molecule has 7 nitrogen and oxygen atoms in total. The molecule has 0 aliphatic carbocycles. The molecule has 0 bridgehead atoms. The van der Waals surface area contributed by atoms with E-state index in [0.29, 0.717) is 0 Å². The van der Waals surface area contributed by atoms with Crippen molar-refractivity contribution in [2.45, 2.75) is 13.0 Å². The summed E-state index contributed by atoms with van der Waals surface area (Å²) in [5.74, 6) is -1.92. The van der Waals surface area contributed by atoms with Gasteiger partial charge in [0.15, 0.2) is 6.29 Å². The number of ether oxygens (including phenoxy) is 1. The zero-order valence-corrected chi connectivity index (χ0v) is 9.21. The maximum Gasteiger partial charge on any atom is 0.387 e. The Morgan fingerprint density at radius 3 is 2.58 bits per heavy atom. The van der Waals surface area contributed by atoms with Crippen LogP contribution < -0.4 is 4.74 Å². The van der Waals surface area contributed by atoms with Gasteiger partial charge in [0.25, 0.3) is 5.69 Å². The summed E-state index contributed by atoms with van der Waals surface area (Å²) in [5, 5.41) is 19.4. The van der Waals surface area contributed by atoms with E-state index >= 15 is 0 Å². The quantitative estimate of drug-likeness (QED) is 0.480. The molecule has 1 aromatic carbocycles. The second-order valence-corrected chi connectivity index (χ2v) is 3.34. The summed E-state index contributed by atoms with van der Waals surface area (Å²) >= 11 is 0. The molecule has 0 spiro atoms. The molecule has 0 fully saturated rings. The first-order chi connectivity index (χ1) is 8.85. The highest BCUT2D eigenvalue weighted by atomic mass is 19.3. The second-order valence-electron chi connectivity index (χ2n) is 3.34. The van der Waals surface area contributed by atoms with Crippen molar-refractivity contribution in [3.05, 3.63) is 33.4 Å². The predicted octanol–water partition coefficient (Wildman–Crippen LogP) is 1.64. The van der Waals surface area contributed by atoms with Crippen LogP contribution in [0.2, 0.25) is 0 Å². The lowest BCUT2D eigenvalue weighted by Gasteiger charge is -2.08.